The molecular weight excluding hydrogens is 392 g/mol. The summed E-state index contributed by atoms with van der Waals surface area (Å²) in [4.78, 5) is 32.7. The molecule has 0 bridgehead atoms. The second kappa shape index (κ2) is 8.37. The zero-order chi connectivity index (χ0) is 20.4. The van der Waals surface area contributed by atoms with Gasteiger partial charge in [0.2, 0.25) is 5.91 Å². The molecule has 1 aliphatic rings. The highest BCUT2D eigenvalue weighted by molar-refractivity contribution is 6.30. The van der Waals surface area contributed by atoms with Gasteiger partial charge in [-0.25, -0.2) is 4.98 Å². The Morgan fingerprint density at radius 3 is 2.52 bits per heavy atom. The summed E-state index contributed by atoms with van der Waals surface area (Å²) in [6.45, 7) is 3.39. The third kappa shape index (κ3) is 3.79. The second-order valence-corrected chi connectivity index (χ2v) is 7.78. The first kappa shape index (κ1) is 19.6. The molecule has 8 heteroatoms. The first-order valence-electron chi connectivity index (χ1n) is 10.0. The van der Waals surface area contributed by atoms with Crippen molar-refractivity contribution in [1.82, 2.24) is 19.6 Å². The van der Waals surface area contributed by atoms with Crippen molar-refractivity contribution in [1.29, 1.82) is 0 Å². The number of likely N-dealkylation sites (tertiary alicyclic amines) is 1. The molecule has 3 aromatic rings. The Bertz CT molecular complexity index is 1070. The molecule has 1 atom stereocenters. The minimum absolute atomic E-state index is 0.0258. The molecule has 1 saturated heterocycles. The number of hydrogen-bond acceptors (Lipinski definition) is 5. The lowest BCUT2D eigenvalue weighted by Crippen LogP contribution is -2.40. The fourth-order valence-corrected chi connectivity index (χ4v) is 4.00. The fraction of sp³-hybridized carbons (Fsp3) is 0.429. The summed E-state index contributed by atoms with van der Waals surface area (Å²) in [5, 5.41) is 4.90. The van der Waals surface area contributed by atoms with Gasteiger partial charge in [-0.2, -0.15) is 0 Å². The van der Waals surface area contributed by atoms with Crippen molar-refractivity contribution in [3.8, 4) is 11.3 Å². The van der Waals surface area contributed by atoms with Gasteiger partial charge in [-0.15, -0.1) is 0 Å². The molecular formula is C21H23ClN4O3. The maximum Gasteiger partial charge on any atom is 0.267 e. The molecule has 0 aliphatic carbocycles. The Labute approximate surface area is 173 Å². The lowest BCUT2D eigenvalue weighted by Gasteiger charge is -2.26. The van der Waals surface area contributed by atoms with Crippen LogP contribution in [0.25, 0.3) is 22.4 Å². The van der Waals surface area contributed by atoms with Crippen molar-refractivity contribution in [2.24, 2.45) is 0 Å². The van der Waals surface area contributed by atoms with Crippen molar-refractivity contribution >= 4 is 28.6 Å². The summed E-state index contributed by atoms with van der Waals surface area (Å²) in [5.41, 5.74) is 0.946. The topological polar surface area (TPSA) is 81.2 Å². The van der Waals surface area contributed by atoms with E-state index in [1.54, 1.807) is 24.3 Å². The van der Waals surface area contributed by atoms with Crippen molar-refractivity contribution in [2.45, 2.75) is 45.1 Å². The van der Waals surface area contributed by atoms with Gasteiger partial charge >= 0.3 is 0 Å². The third-order valence-electron chi connectivity index (χ3n) is 5.46. The lowest BCUT2D eigenvalue weighted by atomic mass is 10.1. The number of halogens is 1. The molecule has 4 rings (SSSR count). The van der Waals surface area contributed by atoms with Crippen LogP contribution in [0, 0.1) is 0 Å². The molecule has 29 heavy (non-hydrogen) atoms. The van der Waals surface area contributed by atoms with Crippen LogP contribution in [0.4, 0.5) is 0 Å². The number of rotatable bonds is 4. The molecule has 3 heterocycles. The molecule has 1 unspecified atom stereocenters. The summed E-state index contributed by atoms with van der Waals surface area (Å²) >= 11 is 5.96. The molecule has 152 valence electrons. The standard InChI is InChI=1S/C21H23ClN4O3/c1-2-16(20(27)25-11-5-3-4-6-12-25)26-13-23-19-17(21(26)28)18(24-29-19)14-7-9-15(22)10-8-14/h7-10,13,16H,2-6,11-12H2,1H3. The van der Waals surface area contributed by atoms with Crippen LogP contribution in [0.5, 0.6) is 0 Å². The molecule has 1 amide bonds. The van der Waals surface area contributed by atoms with Gasteiger partial charge in [-0.05, 0) is 31.4 Å². The van der Waals surface area contributed by atoms with Crippen LogP contribution in [0.3, 0.4) is 0 Å². The summed E-state index contributed by atoms with van der Waals surface area (Å²) < 4.78 is 6.70. The smallest absolute Gasteiger partial charge is 0.267 e. The van der Waals surface area contributed by atoms with Gasteiger partial charge < -0.3 is 9.42 Å². The van der Waals surface area contributed by atoms with Crippen molar-refractivity contribution in [2.75, 3.05) is 13.1 Å². The van der Waals surface area contributed by atoms with Crippen LogP contribution in [0.15, 0.2) is 39.9 Å². The number of hydrogen-bond donors (Lipinski definition) is 0. The normalized spacial score (nSPS) is 16.0. The van der Waals surface area contributed by atoms with Crippen molar-refractivity contribution in [3.05, 3.63) is 46.0 Å². The van der Waals surface area contributed by atoms with Crippen LogP contribution in [-0.2, 0) is 4.79 Å². The Kier molecular flexibility index (Phi) is 5.67. The molecule has 0 radical (unpaired) electrons. The van der Waals surface area contributed by atoms with Crippen LogP contribution in [0.2, 0.25) is 5.02 Å². The summed E-state index contributed by atoms with van der Waals surface area (Å²) in [5.74, 6) is -0.0258. The number of fused-ring (bicyclic) bond motifs is 1. The minimum atomic E-state index is -0.592. The zero-order valence-electron chi connectivity index (χ0n) is 16.3. The summed E-state index contributed by atoms with van der Waals surface area (Å²) in [6.07, 6.45) is 6.18. The number of benzene rings is 1. The predicted molar refractivity (Wildman–Crippen MR) is 111 cm³/mol. The van der Waals surface area contributed by atoms with E-state index in [2.05, 4.69) is 10.1 Å². The number of aromatic nitrogens is 3. The number of carbonyl (C=O) groups is 1. The highest BCUT2D eigenvalue weighted by Crippen LogP contribution is 2.26. The van der Waals surface area contributed by atoms with Crippen molar-refractivity contribution < 1.29 is 9.32 Å². The maximum absolute atomic E-state index is 13.3. The van der Waals surface area contributed by atoms with Gasteiger partial charge in [0.25, 0.3) is 11.3 Å². The molecule has 7 nitrogen and oxygen atoms in total. The van der Waals surface area contributed by atoms with Gasteiger partial charge in [-0.1, -0.05) is 48.7 Å². The SMILES string of the molecule is CCC(C(=O)N1CCCCCC1)n1cnc2onc(-c3ccc(Cl)cc3)c2c1=O. The average molecular weight is 415 g/mol. The van der Waals surface area contributed by atoms with Gasteiger partial charge in [0.05, 0.1) is 0 Å². The molecule has 1 aromatic carbocycles. The highest BCUT2D eigenvalue weighted by Gasteiger charge is 2.28. The Balaban J connectivity index is 1.76. The number of carbonyl (C=O) groups excluding carboxylic acids is 1. The van der Waals surface area contributed by atoms with Crippen LogP contribution in [-0.4, -0.2) is 38.6 Å². The van der Waals surface area contributed by atoms with Gasteiger partial charge in [0.15, 0.2) is 0 Å². The molecule has 0 N–H and O–H groups in total. The average Bonchev–Trinajstić information content (AvgIpc) is 2.98. The Hall–Kier alpha value is -2.67. The minimum Gasteiger partial charge on any atom is -0.341 e. The first-order valence-corrected chi connectivity index (χ1v) is 10.4. The third-order valence-corrected chi connectivity index (χ3v) is 5.72. The number of nitrogens with zero attached hydrogens (tertiary/aromatic N) is 4. The van der Waals surface area contributed by atoms with Crippen LogP contribution >= 0.6 is 11.6 Å². The summed E-state index contributed by atoms with van der Waals surface area (Å²) in [7, 11) is 0. The van der Waals surface area contributed by atoms with Crippen LogP contribution < -0.4 is 5.56 Å². The predicted octanol–water partition coefficient (Wildman–Crippen LogP) is 4.06. The van der Waals surface area contributed by atoms with Gasteiger partial charge in [-0.3, -0.25) is 14.2 Å². The van der Waals surface area contributed by atoms with E-state index in [9.17, 15) is 9.59 Å². The Morgan fingerprint density at radius 1 is 1.17 bits per heavy atom. The Morgan fingerprint density at radius 2 is 1.86 bits per heavy atom. The first-order chi connectivity index (χ1) is 14.1. The maximum atomic E-state index is 13.3. The van der Waals surface area contributed by atoms with E-state index in [1.165, 1.54) is 10.9 Å². The van der Waals surface area contributed by atoms with E-state index in [1.807, 2.05) is 11.8 Å². The van der Waals surface area contributed by atoms with E-state index in [0.29, 0.717) is 22.7 Å². The van der Waals surface area contributed by atoms with E-state index >= 15 is 0 Å². The van der Waals surface area contributed by atoms with E-state index in [0.717, 1.165) is 38.8 Å². The molecule has 0 saturated carbocycles. The lowest BCUT2D eigenvalue weighted by molar-refractivity contribution is -0.135. The monoisotopic (exact) mass is 414 g/mol. The van der Waals surface area contributed by atoms with E-state index in [4.69, 9.17) is 16.1 Å². The van der Waals surface area contributed by atoms with Crippen LogP contribution in [0.1, 0.15) is 45.1 Å². The van der Waals surface area contributed by atoms with E-state index in [-0.39, 0.29) is 22.6 Å². The zero-order valence-corrected chi connectivity index (χ0v) is 17.1. The molecule has 1 aliphatic heterocycles. The molecule has 2 aromatic heterocycles. The second-order valence-electron chi connectivity index (χ2n) is 7.34. The van der Waals surface area contributed by atoms with Gasteiger partial charge in [0.1, 0.15) is 23.4 Å². The molecule has 0 spiro atoms. The largest absolute Gasteiger partial charge is 0.341 e. The van der Waals surface area contributed by atoms with Crippen molar-refractivity contribution in [3.63, 3.8) is 0 Å². The summed E-state index contributed by atoms with van der Waals surface area (Å²) in [6, 6.07) is 6.41. The van der Waals surface area contributed by atoms with Gasteiger partial charge in [0, 0.05) is 23.7 Å². The number of amides is 1. The molecule has 1 fully saturated rings. The van der Waals surface area contributed by atoms with E-state index < -0.39 is 6.04 Å². The fourth-order valence-electron chi connectivity index (χ4n) is 3.88. The highest BCUT2D eigenvalue weighted by atomic mass is 35.5. The quantitative estimate of drug-likeness (QED) is 0.643.